The molecule has 0 saturated heterocycles. The third-order valence-corrected chi connectivity index (χ3v) is 4.83. The first-order valence-corrected chi connectivity index (χ1v) is 8.81. The quantitative estimate of drug-likeness (QED) is 0.494. The van der Waals surface area contributed by atoms with Crippen LogP contribution in [0.2, 0.25) is 0 Å². The summed E-state index contributed by atoms with van der Waals surface area (Å²) in [6.07, 6.45) is 3.83. The van der Waals surface area contributed by atoms with Gasteiger partial charge in [0.2, 0.25) is 0 Å². The number of rotatable bonds is 3. The van der Waals surface area contributed by atoms with Crippen molar-refractivity contribution in [3.8, 4) is 5.69 Å². The van der Waals surface area contributed by atoms with E-state index in [1.807, 2.05) is 23.7 Å². The Labute approximate surface area is 155 Å². The Bertz CT molecular complexity index is 1260. The highest BCUT2D eigenvalue weighted by molar-refractivity contribution is 5.94. The van der Waals surface area contributed by atoms with E-state index in [0.29, 0.717) is 0 Å². The number of nitrogens with one attached hydrogen (secondary N) is 2. The van der Waals surface area contributed by atoms with Gasteiger partial charge in [0.05, 0.1) is 16.9 Å². The Morgan fingerprint density at radius 2 is 1.96 bits per heavy atom. The Morgan fingerprint density at radius 3 is 2.81 bits per heavy atom. The third-order valence-electron chi connectivity index (χ3n) is 4.83. The first kappa shape index (κ1) is 15.6. The average Bonchev–Trinajstić information content (AvgIpc) is 3.24. The Kier molecular flexibility index (Phi) is 3.43. The number of benzene rings is 2. The van der Waals surface area contributed by atoms with Crippen molar-refractivity contribution in [2.75, 3.05) is 5.32 Å². The summed E-state index contributed by atoms with van der Waals surface area (Å²) in [7, 11) is 0. The first-order chi connectivity index (χ1) is 13.2. The monoisotopic (exact) mass is 354 g/mol. The van der Waals surface area contributed by atoms with E-state index in [4.69, 9.17) is 0 Å². The molecule has 0 bridgehead atoms. The molecule has 0 radical (unpaired) electrons. The van der Waals surface area contributed by atoms with Crippen LogP contribution in [0.3, 0.4) is 0 Å². The van der Waals surface area contributed by atoms with Gasteiger partial charge in [-0.05, 0) is 55.1 Å². The van der Waals surface area contributed by atoms with E-state index >= 15 is 0 Å². The zero-order valence-corrected chi connectivity index (χ0v) is 15.1. The van der Waals surface area contributed by atoms with Gasteiger partial charge in [-0.3, -0.25) is 10.1 Å². The van der Waals surface area contributed by atoms with Gasteiger partial charge < -0.3 is 5.32 Å². The summed E-state index contributed by atoms with van der Waals surface area (Å²) in [5.74, 6) is 0.722. The maximum Gasteiger partial charge on any atom is 0.178 e. The molecule has 6 heteroatoms. The van der Waals surface area contributed by atoms with Crippen LogP contribution in [0.25, 0.3) is 27.5 Å². The fourth-order valence-corrected chi connectivity index (χ4v) is 3.29. The number of nitrogens with zero attached hydrogens (tertiary/aromatic N) is 4. The van der Waals surface area contributed by atoms with Gasteiger partial charge in [0, 0.05) is 23.5 Å². The molecule has 2 N–H and O–H groups in total. The lowest BCUT2D eigenvalue weighted by Gasteiger charge is -2.09. The Balaban J connectivity index is 1.56. The molecule has 5 aromatic rings. The van der Waals surface area contributed by atoms with Crippen LogP contribution in [0, 0.1) is 13.8 Å². The zero-order valence-electron chi connectivity index (χ0n) is 15.1. The van der Waals surface area contributed by atoms with E-state index in [0.717, 1.165) is 44.7 Å². The normalized spacial score (nSPS) is 11.3. The predicted molar refractivity (Wildman–Crippen MR) is 108 cm³/mol. The summed E-state index contributed by atoms with van der Waals surface area (Å²) < 4.78 is 1.95. The van der Waals surface area contributed by atoms with Gasteiger partial charge in [-0.1, -0.05) is 18.2 Å². The lowest BCUT2D eigenvalue weighted by atomic mass is 10.1. The highest BCUT2D eigenvalue weighted by Crippen LogP contribution is 2.28. The van der Waals surface area contributed by atoms with E-state index in [-0.39, 0.29) is 0 Å². The lowest BCUT2D eigenvalue weighted by Crippen LogP contribution is -1.97. The SMILES string of the molecule is Cc1cn(-c2cccc3cc(Nc4n[nH]c5cccnc45)ccc23)nc1C. The summed E-state index contributed by atoms with van der Waals surface area (Å²) in [5.41, 5.74) is 6.00. The van der Waals surface area contributed by atoms with Gasteiger partial charge in [0.15, 0.2) is 5.82 Å². The average molecular weight is 354 g/mol. The van der Waals surface area contributed by atoms with Crippen LogP contribution in [0.5, 0.6) is 0 Å². The summed E-state index contributed by atoms with van der Waals surface area (Å²) >= 11 is 0. The number of aryl methyl sites for hydroxylation is 2. The second kappa shape index (κ2) is 5.95. The standard InChI is InChI=1S/C21H18N6/c1-13-12-27(26-14(13)2)19-7-3-5-15-11-16(8-9-17(15)19)23-21-20-18(24-25-21)6-4-10-22-20/h3-12H,1-2H3,(H2,23,24,25). The van der Waals surface area contributed by atoms with E-state index in [9.17, 15) is 0 Å². The van der Waals surface area contributed by atoms with Crippen molar-refractivity contribution in [1.82, 2.24) is 25.0 Å². The largest absolute Gasteiger partial charge is 0.337 e. The van der Waals surface area contributed by atoms with Crippen molar-refractivity contribution in [3.05, 3.63) is 72.2 Å². The van der Waals surface area contributed by atoms with Crippen molar-refractivity contribution in [1.29, 1.82) is 0 Å². The fraction of sp³-hybridized carbons (Fsp3) is 0.0952. The number of anilines is 2. The zero-order chi connectivity index (χ0) is 18.4. The van der Waals surface area contributed by atoms with Gasteiger partial charge in [0.1, 0.15) is 5.52 Å². The van der Waals surface area contributed by atoms with E-state index in [1.54, 1.807) is 6.20 Å². The van der Waals surface area contributed by atoms with Crippen LogP contribution in [-0.4, -0.2) is 25.0 Å². The smallest absolute Gasteiger partial charge is 0.178 e. The minimum atomic E-state index is 0.722. The van der Waals surface area contributed by atoms with Crippen LogP contribution in [0.4, 0.5) is 11.5 Å². The number of H-pyrrole nitrogens is 1. The molecule has 132 valence electrons. The molecule has 0 fully saturated rings. The molecule has 0 aliphatic heterocycles. The van der Waals surface area contributed by atoms with Crippen molar-refractivity contribution in [2.24, 2.45) is 0 Å². The summed E-state index contributed by atoms with van der Waals surface area (Å²) in [6, 6.07) is 16.4. The second-order valence-corrected chi connectivity index (χ2v) is 6.65. The summed E-state index contributed by atoms with van der Waals surface area (Å²) in [4.78, 5) is 4.40. The molecule has 0 amide bonds. The minimum Gasteiger partial charge on any atom is -0.337 e. The van der Waals surface area contributed by atoms with Crippen molar-refractivity contribution < 1.29 is 0 Å². The lowest BCUT2D eigenvalue weighted by molar-refractivity contribution is 0.869. The number of hydrogen-bond acceptors (Lipinski definition) is 4. The molecule has 0 spiro atoms. The molecular formula is C21H18N6. The minimum absolute atomic E-state index is 0.722. The van der Waals surface area contributed by atoms with Gasteiger partial charge in [-0.15, -0.1) is 0 Å². The van der Waals surface area contributed by atoms with Gasteiger partial charge in [0.25, 0.3) is 0 Å². The second-order valence-electron chi connectivity index (χ2n) is 6.65. The Morgan fingerprint density at radius 1 is 1.04 bits per heavy atom. The van der Waals surface area contributed by atoms with Crippen LogP contribution >= 0.6 is 0 Å². The van der Waals surface area contributed by atoms with Crippen LogP contribution in [0.15, 0.2) is 60.9 Å². The maximum atomic E-state index is 4.63. The highest BCUT2D eigenvalue weighted by atomic mass is 15.3. The van der Waals surface area contributed by atoms with Crippen molar-refractivity contribution in [3.63, 3.8) is 0 Å². The third kappa shape index (κ3) is 2.62. The molecular weight excluding hydrogens is 336 g/mol. The van der Waals surface area contributed by atoms with E-state index in [2.05, 4.69) is 75.1 Å². The molecule has 0 atom stereocenters. The molecule has 5 rings (SSSR count). The predicted octanol–water partition coefficient (Wildman–Crippen LogP) is 4.66. The van der Waals surface area contributed by atoms with Crippen molar-refractivity contribution >= 4 is 33.3 Å². The van der Waals surface area contributed by atoms with E-state index in [1.165, 1.54) is 5.56 Å². The number of pyridine rings is 1. The molecule has 3 aromatic heterocycles. The van der Waals surface area contributed by atoms with Gasteiger partial charge in [-0.25, -0.2) is 4.68 Å². The Hall–Kier alpha value is -3.67. The fourth-order valence-electron chi connectivity index (χ4n) is 3.29. The molecule has 0 unspecified atom stereocenters. The molecule has 2 aromatic carbocycles. The molecule has 3 heterocycles. The number of aromatic amines is 1. The maximum absolute atomic E-state index is 4.63. The van der Waals surface area contributed by atoms with E-state index < -0.39 is 0 Å². The summed E-state index contributed by atoms with van der Waals surface area (Å²) in [5, 5.41) is 17.6. The van der Waals surface area contributed by atoms with Crippen LogP contribution < -0.4 is 5.32 Å². The molecule has 0 aliphatic rings. The van der Waals surface area contributed by atoms with Gasteiger partial charge in [-0.2, -0.15) is 10.2 Å². The first-order valence-electron chi connectivity index (χ1n) is 8.81. The molecule has 0 saturated carbocycles. The number of fused-ring (bicyclic) bond motifs is 2. The number of aromatic nitrogens is 5. The van der Waals surface area contributed by atoms with Crippen LogP contribution in [-0.2, 0) is 0 Å². The molecule has 6 nitrogen and oxygen atoms in total. The molecule has 27 heavy (non-hydrogen) atoms. The van der Waals surface area contributed by atoms with Gasteiger partial charge >= 0.3 is 0 Å². The van der Waals surface area contributed by atoms with Crippen LogP contribution in [0.1, 0.15) is 11.3 Å². The highest BCUT2D eigenvalue weighted by Gasteiger charge is 2.09. The molecule has 0 aliphatic carbocycles. The summed E-state index contributed by atoms with van der Waals surface area (Å²) in [6.45, 7) is 4.11. The van der Waals surface area contributed by atoms with Crippen molar-refractivity contribution in [2.45, 2.75) is 13.8 Å². The topological polar surface area (TPSA) is 71.4 Å². The number of hydrogen-bond donors (Lipinski definition) is 2.